The normalized spacial score (nSPS) is 9.70. The van der Waals surface area contributed by atoms with Crippen LogP contribution >= 0.6 is 11.6 Å². The van der Waals surface area contributed by atoms with E-state index in [0.717, 1.165) is 0 Å². The van der Waals surface area contributed by atoms with Crippen molar-refractivity contribution in [1.29, 1.82) is 0 Å². The van der Waals surface area contributed by atoms with Crippen molar-refractivity contribution in [2.24, 2.45) is 0 Å². The topological polar surface area (TPSA) is 75.4 Å². The van der Waals surface area contributed by atoms with E-state index in [-0.39, 0.29) is 12.5 Å². The Morgan fingerprint density at radius 3 is 3.00 bits per heavy atom. The van der Waals surface area contributed by atoms with E-state index in [2.05, 4.69) is 26.8 Å². The zero-order chi connectivity index (χ0) is 14.4. The van der Waals surface area contributed by atoms with E-state index < -0.39 is 0 Å². The highest BCUT2D eigenvalue weighted by Crippen LogP contribution is 2.18. The molecule has 0 aliphatic rings. The monoisotopic (exact) mass is 290 g/mol. The highest BCUT2D eigenvalue weighted by Gasteiger charge is 2.09. The lowest BCUT2D eigenvalue weighted by atomic mass is 10.1. The number of nitrogens with zero attached hydrogens (tertiary/aromatic N) is 1. The Balaban J connectivity index is 2.12. The fourth-order valence-electron chi connectivity index (χ4n) is 1.44. The Morgan fingerprint density at radius 2 is 2.35 bits per heavy atom. The SMILES string of the molecule is O=C(Nc1cnoc1)c1ccc(C#CCCO)c(Cl)c1. The van der Waals surface area contributed by atoms with Crippen LogP contribution in [0.2, 0.25) is 5.02 Å². The summed E-state index contributed by atoms with van der Waals surface area (Å²) in [5.74, 6) is 5.28. The predicted octanol–water partition coefficient (Wildman–Crippen LogP) is 2.31. The molecule has 0 radical (unpaired) electrons. The van der Waals surface area contributed by atoms with Crippen molar-refractivity contribution in [2.45, 2.75) is 6.42 Å². The number of aliphatic hydroxyl groups excluding tert-OH is 1. The van der Waals surface area contributed by atoms with Gasteiger partial charge in [0.1, 0.15) is 12.0 Å². The third-order valence-electron chi connectivity index (χ3n) is 2.38. The summed E-state index contributed by atoms with van der Waals surface area (Å²) in [6, 6.07) is 4.82. The van der Waals surface area contributed by atoms with Gasteiger partial charge in [-0.3, -0.25) is 4.79 Å². The number of halogens is 1. The van der Waals surface area contributed by atoms with Gasteiger partial charge in [0.05, 0.1) is 17.8 Å². The van der Waals surface area contributed by atoms with Gasteiger partial charge in [-0.05, 0) is 18.2 Å². The molecule has 0 aliphatic carbocycles. The quantitative estimate of drug-likeness (QED) is 0.851. The Bertz CT molecular complexity index is 657. The molecule has 0 aliphatic heterocycles. The van der Waals surface area contributed by atoms with Gasteiger partial charge in [-0.1, -0.05) is 28.6 Å². The molecule has 1 amide bonds. The number of hydrogen-bond donors (Lipinski definition) is 2. The van der Waals surface area contributed by atoms with Gasteiger partial charge in [-0.15, -0.1) is 0 Å². The highest BCUT2D eigenvalue weighted by atomic mass is 35.5. The molecule has 0 bridgehead atoms. The summed E-state index contributed by atoms with van der Waals surface area (Å²) in [5.41, 5.74) is 1.49. The minimum Gasteiger partial charge on any atom is -0.395 e. The molecule has 1 heterocycles. The third kappa shape index (κ3) is 3.60. The van der Waals surface area contributed by atoms with Crippen LogP contribution in [0.3, 0.4) is 0 Å². The molecular weight excluding hydrogens is 280 g/mol. The summed E-state index contributed by atoms with van der Waals surface area (Å²) in [6.45, 7) is 0.00381. The second kappa shape index (κ2) is 6.75. The van der Waals surface area contributed by atoms with Gasteiger partial charge < -0.3 is 14.9 Å². The highest BCUT2D eigenvalue weighted by molar-refractivity contribution is 6.32. The number of carbonyl (C=O) groups is 1. The number of aromatic nitrogens is 1. The molecule has 6 heteroatoms. The number of nitrogens with one attached hydrogen (secondary N) is 1. The molecule has 0 atom stereocenters. The van der Waals surface area contributed by atoms with Gasteiger partial charge in [0.25, 0.3) is 5.91 Å². The lowest BCUT2D eigenvalue weighted by molar-refractivity contribution is 0.102. The minimum atomic E-state index is -0.315. The summed E-state index contributed by atoms with van der Waals surface area (Å²) < 4.78 is 4.62. The van der Waals surface area contributed by atoms with Gasteiger partial charge in [-0.25, -0.2) is 0 Å². The van der Waals surface area contributed by atoms with Crippen LogP contribution in [-0.4, -0.2) is 22.8 Å². The van der Waals surface area contributed by atoms with Gasteiger partial charge in [0.2, 0.25) is 0 Å². The molecule has 2 N–H and O–H groups in total. The first-order valence-corrected chi connectivity index (χ1v) is 6.18. The molecule has 102 valence electrons. The number of amides is 1. The molecule has 0 saturated carbocycles. The van der Waals surface area contributed by atoms with Crippen molar-refractivity contribution >= 4 is 23.2 Å². The fraction of sp³-hybridized carbons (Fsp3) is 0.143. The van der Waals surface area contributed by atoms with E-state index in [9.17, 15) is 4.79 Å². The van der Waals surface area contributed by atoms with Gasteiger partial charge in [0.15, 0.2) is 0 Å². The number of hydrogen-bond acceptors (Lipinski definition) is 4. The lowest BCUT2D eigenvalue weighted by Crippen LogP contribution is -2.11. The smallest absolute Gasteiger partial charge is 0.255 e. The standard InChI is InChI=1S/C14H11ClN2O3/c15-13-7-11(5-4-10(13)3-1-2-6-18)14(19)17-12-8-16-20-9-12/h4-5,7-9,18H,2,6H2,(H,17,19). The van der Waals surface area contributed by atoms with Crippen molar-refractivity contribution in [1.82, 2.24) is 5.16 Å². The van der Waals surface area contributed by atoms with Crippen molar-refractivity contribution in [3.8, 4) is 11.8 Å². The van der Waals surface area contributed by atoms with Crippen LogP contribution in [0.1, 0.15) is 22.3 Å². The van der Waals surface area contributed by atoms with Crippen LogP contribution in [0.25, 0.3) is 0 Å². The summed E-state index contributed by atoms with van der Waals surface area (Å²) in [5, 5.41) is 15.1. The second-order valence-electron chi connectivity index (χ2n) is 3.84. The van der Waals surface area contributed by atoms with Crippen LogP contribution in [0.15, 0.2) is 35.2 Å². The number of anilines is 1. The first-order chi connectivity index (χ1) is 9.70. The number of rotatable bonds is 3. The van der Waals surface area contributed by atoms with E-state index in [1.165, 1.54) is 18.5 Å². The van der Waals surface area contributed by atoms with Crippen LogP contribution in [0, 0.1) is 11.8 Å². The zero-order valence-corrected chi connectivity index (χ0v) is 11.1. The summed E-state index contributed by atoms with van der Waals surface area (Å²) in [6.07, 6.45) is 3.11. The predicted molar refractivity (Wildman–Crippen MR) is 74.5 cm³/mol. The molecule has 0 spiro atoms. The van der Waals surface area contributed by atoms with Crippen molar-refractivity contribution < 1.29 is 14.4 Å². The Labute approximate surface area is 120 Å². The molecule has 0 saturated heterocycles. The molecule has 1 aromatic heterocycles. The van der Waals surface area contributed by atoms with E-state index >= 15 is 0 Å². The number of carbonyl (C=O) groups excluding carboxylic acids is 1. The number of aliphatic hydroxyl groups is 1. The van der Waals surface area contributed by atoms with E-state index in [1.54, 1.807) is 12.1 Å². The van der Waals surface area contributed by atoms with E-state index in [1.807, 2.05) is 0 Å². The molecule has 2 rings (SSSR count). The lowest BCUT2D eigenvalue weighted by Gasteiger charge is -2.03. The molecule has 20 heavy (non-hydrogen) atoms. The van der Waals surface area contributed by atoms with Gasteiger partial charge in [-0.2, -0.15) is 0 Å². The zero-order valence-electron chi connectivity index (χ0n) is 10.4. The maximum Gasteiger partial charge on any atom is 0.255 e. The largest absolute Gasteiger partial charge is 0.395 e. The van der Waals surface area contributed by atoms with Crippen LogP contribution < -0.4 is 5.32 Å². The first-order valence-electron chi connectivity index (χ1n) is 5.80. The molecule has 1 aromatic carbocycles. The average Bonchev–Trinajstić information content (AvgIpc) is 2.93. The van der Waals surface area contributed by atoms with Crippen LogP contribution in [0.4, 0.5) is 5.69 Å². The Morgan fingerprint density at radius 1 is 1.50 bits per heavy atom. The third-order valence-corrected chi connectivity index (χ3v) is 2.69. The fourth-order valence-corrected chi connectivity index (χ4v) is 1.67. The Kier molecular flexibility index (Phi) is 4.77. The maximum atomic E-state index is 11.9. The molecular formula is C14H11ClN2O3. The van der Waals surface area contributed by atoms with Gasteiger partial charge >= 0.3 is 0 Å². The van der Waals surface area contributed by atoms with E-state index in [0.29, 0.717) is 28.3 Å². The summed E-state index contributed by atoms with van der Waals surface area (Å²) >= 11 is 6.06. The number of benzene rings is 1. The molecule has 0 unspecified atom stereocenters. The summed E-state index contributed by atoms with van der Waals surface area (Å²) in [7, 11) is 0. The summed E-state index contributed by atoms with van der Waals surface area (Å²) in [4.78, 5) is 11.9. The molecule has 5 nitrogen and oxygen atoms in total. The van der Waals surface area contributed by atoms with Crippen LogP contribution in [-0.2, 0) is 0 Å². The average molecular weight is 291 g/mol. The first kappa shape index (κ1) is 14.1. The second-order valence-corrected chi connectivity index (χ2v) is 4.24. The molecule has 0 fully saturated rings. The maximum absolute atomic E-state index is 11.9. The van der Waals surface area contributed by atoms with Crippen molar-refractivity contribution in [3.63, 3.8) is 0 Å². The minimum absolute atomic E-state index is 0.00381. The van der Waals surface area contributed by atoms with Crippen molar-refractivity contribution in [2.75, 3.05) is 11.9 Å². The Hall–Kier alpha value is -2.29. The van der Waals surface area contributed by atoms with Crippen LogP contribution in [0.5, 0.6) is 0 Å². The van der Waals surface area contributed by atoms with E-state index in [4.69, 9.17) is 16.7 Å². The van der Waals surface area contributed by atoms with Gasteiger partial charge in [0, 0.05) is 17.5 Å². The van der Waals surface area contributed by atoms with Crippen molar-refractivity contribution in [3.05, 3.63) is 46.8 Å². The molecule has 2 aromatic rings.